The van der Waals surface area contributed by atoms with E-state index in [-0.39, 0.29) is 0 Å². The maximum Gasteiger partial charge on any atom is 0.227 e. The van der Waals surface area contributed by atoms with Gasteiger partial charge in [0.15, 0.2) is 5.82 Å². The minimum Gasteiger partial charge on any atom is -0.497 e. The molecular weight excluding hydrogens is 328 g/mol. The van der Waals surface area contributed by atoms with E-state index in [0.29, 0.717) is 12.0 Å². The van der Waals surface area contributed by atoms with Crippen LogP contribution in [0.3, 0.4) is 0 Å². The lowest BCUT2D eigenvalue weighted by molar-refractivity contribution is 0.370. The molecule has 134 valence electrons. The zero-order chi connectivity index (χ0) is 17.8. The number of anilines is 2. The molecule has 1 fully saturated rings. The summed E-state index contributed by atoms with van der Waals surface area (Å²) in [5, 5.41) is 6.63. The van der Waals surface area contributed by atoms with Gasteiger partial charge >= 0.3 is 0 Å². The lowest BCUT2D eigenvalue weighted by Crippen LogP contribution is -2.29. The van der Waals surface area contributed by atoms with E-state index < -0.39 is 0 Å². The molecule has 7 heteroatoms. The highest BCUT2D eigenvalue weighted by atomic mass is 16.5. The molecule has 0 radical (unpaired) electrons. The highest BCUT2D eigenvalue weighted by Crippen LogP contribution is 2.26. The van der Waals surface area contributed by atoms with Crippen molar-refractivity contribution in [2.75, 3.05) is 25.5 Å². The summed E-state index contributed by atoms with van der Waals surface area (Å²) in [5.41, 5.74) is 1.73. The summed E-state index contributed by atoms with van der Waals surface area (Å²) in [6, 6.07) is 10.0. The zero-order valence-corrected chi connectivity index (χ0v) is 14.7. The lowest BCUT2D eigenvalue weighted by atomic mass is 10.1. The Bertz CT molecular complexity index is 854. The molecule has 4 rings (SSSR count). The third-order valence-electron chi connectivity index (χ3n) is 4.60. The van der Waals surface area contributed by atoms with Crippen LogP contribution in [0.2, 0.25) is 0 Å². The first-order chi connectivity index (χ1) is 12.8. The van der Waals surface area contributed by atoms with Crippen molar-refractivity contribution in [3.05, 3.63) is 48.9 Å². The summed E-state index contributed by atoms with van der Waals surface area (Å²) in [7, 11) is 1.65. The van der Waals surface area contributed by atoms with Crippen LogP contribution in [0, 0.1) is 0 Å². The Morgan fingerprint density at radius 2 is 1.88 bits per heavy atom. The smallest absolute Gasteiger partial charge is 0.227 e. The Labute approximate surface area is 152 Å². The van der Waals surface area contributed by atoms with Gasteiger partial charge in [0.2, 0.25) is 5.95 Å². The minimum atomic E-state index is 0.460. The molecule has 3 aromatic rings. The molecule has 2 aromatic heterocycles. The second-order valence-corrected chi connectivity index (χ2v) is 6.26. The van der Waals surface area contributed by atoms with Gasteiger partial charge in [-0.1, -0.05) is 0 Å². The van der Waals surface area contributed by atoms with Gasteiger partial charge in [0, 0.05) is 30.3 Å². The van der Waals surface area contributed by atoms with Crippen LogP contribution >= 0.6 is 0 Å². The number of ether oxygens (including phenoxy) is 1. The van der Waals surface area contributed by atoms with Crippen molar-refractivity contribution in [1.82, 2.24) is 24.8 Å². The topological polar surface area (TPSA) is 76.9 Å². The first kappa shape index (κ1) is 16.5. The monoisotopic (exact) mass is 350 g/mol. The van der Waals surface area contributed by atoms with Gasteiger partial charge in [0.25, 0.3) is 0 Å². The maximum absolute atomic E-state index is 5.18. The van der Waals surface area contributed by atoms with Crippen molar-refractivity contribution in [2.45, 2.75) is 18.9 Å². The van der Waals surface area contributed by atoms with Crippen LogP contribution in [-0.2, 0) is 0 Å². The first-order valence-electron chi connectivity index (χ1n) is 8.81. The van der Waals surface area contributed by atoms with E-state index in [4.69, 9.17) is 4.74 Å². The molecule has 1 saturated heterocycles. The standard InChI is InChI=1S/C19H22N6O/c1-26-16-4-2-14(3-5-16)23-19-22-11-8-17(24-19)18-21-12-13-25(18)15-6-9-20-10-7-15/h2-5,8,11-13,15,20H,6-7,9-10H2,1H3,(H,22,23,24). The van der Waals surface area contributed by atoms with Gasteiger partial charge in [-0.05, 0) is 56.3 Å². The van der Waals surface area contributed by atoms with Gasteiger partial charge in [0.05, 0.1) is 7.11 Å². The van der Waals surface area contributed by atoms with Gasteiger partial charge < -0.3 is 19.9 Å². The van der Waals surface area contributed by atoms with Gasteiger partial charge in [-0.15, -0.1) is 0 Å². The molecule has 0 aliphatic carbocycles. The van der Waals surface area contributed by atoms with Crippen LogP contribution in [0.1, 0.15) is 18.9 Å². The summed E-state index contributed by atoms with van der Waals surface area (Å²) in [6.07, 6.45) is 7.85. The van der Waals surface area contributed by atoms with Crippen molar-refractivity contribution in [3.8, 4) is 17.3 Å². The van der Waals surface area contributed by atoms with E-state index >= 15 is 0 Å². The molecule has 0 unspecified atom stereocenters. The SMILES string of the molecule is COc1ccc(Nc2nccc(-c3nccn3C3CCNCC3)n2)cc1. The summed E-state index contributed by atoms with van der Waals surface area (Å²) < 4.78 is 7.42. The zero-order valence-electron chi connectivity index (χ0n) is 14.7. The molecular formula is C19H22N6O. The number of nitrogens with one attached hydrogen (secondary N) is 2. The molecule has 1 aromatic carbocycles. The number of hydrogen-bond donors (Lipinski definition) is 2. The van der Waals surface area contributed by atoms with Gasteiger partial charge in [-0.25, -0.2) is 15.0 Å². The summed E-state index contributed by atoms with van der Waals surface area (Å²) in [4.78, 5) is 13.5. The predicted molar refractivity (Wildman–Crippen MR) is 101 cm³/mol. The van der Waals surface area contributed by atoms with Crippen LogP contribution in [0.5, 0.6) is 5.75 Å². The number of piperidine rings is 1. The summed E-state index contributed by atoms with van der Waals surface area (Å²) in [5.74, 6) is 2.25. The Kier molecular flexibility index (Phi) is 4.79. The number of benzene rings is 1. The van der Waals surface area contributed by atoms with Crippen LogP contribution in [0.25, 0.3) is 11.5 Å². The fourth-order valence-electron chi connectivity index (χ4n) is 3.24. The second-order valence-electron chi connectivity index (χ2n) is 6.26. The van der Waals surface area contributed by atoms with E-state index in [1.54, 1.807) is 13.3 Å². The molecule has 0 bridgehead atoms. The third-order valence-corrected chi connectivity index (χ3v) is 4.60. The average Bonchev–Trinajstić information content (AvgIpc) is 3.19. The minimum absolute atomic E-state index is 0.460. The molecule has 0 amide bonds. The molecule has 7 nitrogen and oxygen atoms in total. The van der Waals surface area contributed by atoms with Crippen molar-refractivity contribution in [2.24, 2.45) is 0 Å². The van der Waals surface area contributed by atoms with E-state index in [9.17, 15) is 0 Å². The molecule has 0 atom stereocenters. The summed E-state index contributed by atoms with van der Waals surface area (Å²) >= 11 is 0. The highest BCUT2D eigenvalue weighted by molar-refractivity contribution is 5.58. The van der Waals surface area contributed by atoms with Gasteiger partial charge in [-0.2, -0.15) is 0 Å². The third kappa shape index (κ3) is 3.52. The number of aromatic nitrogens is 4. The normalized spacial score (nSPS) is 15.0. The Morgan fingerprint density at radius 1 is 1.08 bits per heavy atom. The predicted octanol–water partition coefficient (Wildman–Crippen LogP) is 3.02. The Balaban J connectivity index is 1.57. The molecule has 1 aliphatic rings. The van der Waals surface area contributed by atoms with Crippen LogP contribution in [0.4, 0.5) is 11.6 Å². The number of methoxy groups -OCH3 is 1. The van der Waals surface area contributed by atoms with E-state index in [1.807, 2.05) is 42.7 Å². The highest BCUT2D eigenvalue weighted by Gasteiger charge is 2.19. The first-order valence-corrected chi connectivity index (χ1v) is 8.81. The van der Waals surface area contributed by atoms with Gasteiger partial charge in [-0.3, -0.25) is 0 Å². The molecule has 1 aliphatic heterocycles. The van der Waals surface area contributed by atoms with Crippen molar-refractivity contribution in [1.29, 1.82) is 0 Å². The summed E-state index contributed by atoms with van der Waals surface area (Å²) in [6.45, 7) is 2.08. The van der Waals surface area contributed by atoms with E-state index in [2.05, 4.69) is 30.2 Å². The van der Waals surface area contributed by atoms with Crippen molar-refractivity contribution >= 4 is 11.6 Å². The molecule has 26 heavy (non-hydrogen) atoms. The molecule has 0 saturated carbocycles. The lowest BCUT2D eigenvalue weighted by Gasteiger charge is -2.25. The van der Waals surface area contributed by atoms with Crippen LogP contribution in [0.15, 0.2) is 48.9 Å². The fourth-order valence-corrected chi connectivity index (χ4v) is 3.24. The van der Waals surface area contributed by atoms with E-state index in [0.717, 1.165) is 48.9 Å². The Morgan fingerprint density at radius 3 is 2.65 bits per heavy atom. The van der Waals surface area contributed by atoms with Crippen LogP contribution in [-0.4, -0.2) is 39.7 Å². The van der Waals surface area contributed by atoms with Crippen molar-refractivity contribution < 1.29 is 4.74 Å². The molecule has 3 heterocycles. The average molecular weight is 350 g/mol. The number of hydrogen-bond acceptors (Lipinski definition) is 6. The van der Waals surface area contributed by atoms with Gasteiger partial charge in [0.1, 0.15) is 11.4 Å². The largest absolute Gasteiger partial charge is 0.497 e. The fraction of sp³-hybridized carbons (Fsp3) is 0.316. The number of imidazole rings is 1. The number of nitrogens with zero attached hydrogens (tertiary/aromatic N) is 4. The maximum atomic E-state index is 5.18. The second kappa shape index (κ2) is 7.53. The quantitative estimate of drug-likeness (QED) is 0.737. The van der Waals surface area contributed by atoms with Crippen molar-refractivity contribution in [3.63, 3.8) is 0 Å². The number of rotatable bonds is 5. The molecule has 2 N–H and O–H groups in total. The molecule has 0 spiro atoms. The van der Waals surface area contributed by atoms with E-state index in [1.165, 1.54) is 0 Å². The van der Waals surface area contributed by atoms with Crippen LogP contribution < -0.4 is 15.4 Å². The Hall–Kier alpha value is -2.93.